The number of unbranched alkanes of at least 4 members (excludes halogenated alkanes) is 1. The van der Waals surface area contributed by atoms with E-state index in [0.717, 1.165) is 56.4 Å². The van der Waals surface area contributed by atoms with Crippen LogP contribution >= 0.6 is 11.6 Å². The number of rotatable bonds is 15. The minimum absolute atomic E-state index is 0.109. The number of anilines is 1. The number of aromatic nitrogens is 1. The summed E-state index contributed by atoms with van der Waals surface area (Å²) in [6, 6.07) is 3.62. The zero-order chi connectivity index (χ0) is 35.1. The molecule has 0 spiro atoms. The quantitative estimate of drug-likeness (QED) is 0.211. The predicted octanol–water partition coefficient (Wildman–Crippen LogP) is 5.10. The first-order chi connectivity index (χ1) is 22.6. The summed E-state index contributed by atoms with van der Waals surface area (Å²) in [6.07, 6.45) is 4.05. The monoisotopic (exact) mass is 737 g/mol. The van der Waals surface area contributed by atoms with Crippen LogP contribution in [0.25, 0.3) is 0 Å². The standard InChI is InChI=1S/C31H43ClF3N5O6S2/c32-27-20-26(47(43,44)38-28(30(41)42)6-1-2-15-36)21-37-29(27)39-16-11-22(12-17-39)4-3-5-23-13-18-40(19-14-23)48(45,46)25-9-7-24(8-10-25)31(33,34)35/h7-10,20-23,28,38H,1-6,11-19,36H2,(H,41,42). The van der Waals surface area contributed by atoms with E-state index in [-0.39, 0.29) is 21.2 Å². The molecule has 0 bridgehead atoms. The Balaban J connectivity index is 1.20. The SMILES string of the molecule is NCCCCC(NS(=O)(=O)c1cnc(N2CCC(CCCC3CCN(S(=O)(=O)c4ccc(C(F)(F)F)cc4)CC3)CC2)c(Cl)c1)C(=O)O. The van der Waals surface area contributed by atoms with Crippen molar-refractivity contribution in [1.29, 1.82) is 0 Å². The Bertz CT molecular complexity index is 1600. The minimum atomic E-state index is -4.53. The van der Waals surface area contributed by atoms with Crippen LogP contribution in [-0.4, -0.2) is 76.0 Å². The molecule has 11 nitrogen and oxygen atoms in total. The maximum absolute atomic E-state index is 13.0. The number of nitrogens with zero attached hydrogens (tertiary/aromatic N) is 3. The number of benzene rings is 1. The molecule has 2 aliphatic rings. The molecule has 0 amide bonds. The molecule has 17 heteroatoms. The fourth-order valence-electron chi connectivity index (χ4n) is 6.31. The third kappa shape index (κ3) is 10.0. The third-order valence-corrected chi connectivity index (χ3v) is 12.8. The Hall–Kier alpha value is -2.50. The summed E-state index contributed by atoms with van der Waals surface area (Å²) >= 11 is 6.46. The third-order valence-electron chi connectivity index (χ3n) is 9.18. The van der Waals surface area contributed by atoms with Crippen LogP contribution in [0.4, 0.5) is 19.0 Å². The Kier molecular flexibility index (Phi) is 13.1. The van der Waals surface area contributed by atoms with E-state index in [4.69, 9.17) is 17.3 Å². The van der Waals surface area contributed by atoms with E-state index < -0.39 is 43.8 Å². The second-order valence-electron chi connectivity index (χ2n) is 12.5. The van der Waals surface area contributed by atoms with Crippen molar-refractivity contribution in [2.75, 3.05) is 37.6 Å². The number of sulfonamides is 2. The normalized spacial score (nSPS) is 18.2. The molecular formula is C31H43ClF3N5O6S2. The number of nitrogens with two attached hydrogens (primary N) is 1. The molecule has 1 atom stereocenters. The van der Waals surface area contributed by atoms with Gasteiger partial charge in [0.1, 0.15) is 16.8 Å². The Morgan fingerprint density at radius 3 is 2.06 bits per heavy atom. The first-order valence-corrected chi connectivity index (χ1v) is 19.4. The van der Waals surface area contributed by atoms with Crippen molar-refractivity contribution in [2.45, 2.75) is 86.2 Å². The fourth-order valence-corrected chi connectivity index (χ4v) is 9.32. The first-order valence-electron chi connectivity index (χ1n) is 16.1. The van der Waals surface area contributed by atoms with Gasteiger partial charge in [-0.15, -0.1) is 0 Å². The second kappa shape index (κ2) is 16.5. The molecule has 1 aromatic heterocycles. The maximum atomic E-state index is 13.0. The lowest BCUT2D eigenvalue weighted by molar-refractivity contribution is -0.139. The lowest BCUT2D eigenvalue weighted by atomic mass is 9.87. The summed E-state index contributed by atoms with van der Waals surface area (Å²) in [5, 5.41) is 9.60. The molecule has 0 radical (unpaired) electrons. The van der Waals surface area contributed by atoms with Gasteiger partial charge < -0.3 is 15.7 Å². The highest BCUT2D eigenvalue weighted by atomic mass is 35.5. The molecule has 2 aromatic rings. The van der Waals surface area contributed by atoms with Crippen molar-refractivity contribution < 1.29 is 39.9 Å². The lowest BCUT2D eigenvalue weighted by Gasteiger charge is -2.34. The molecule has 48 heavy (non-hydrogen) atoms. The second-order valence-corrected chi connectivity index (χ2v) is 16.6. The van der Waals surface area contributed by atoms with Crippen LogP contribution in [0.1, 0.15) is 69.8 Å². The smallest absolute Gasteiger partial charge is 0.416 e. The van der Waals surface area contributed by atoms with E-state index in [2.05, 4.69) is 9.71 Å². The molecule has 268 valence electrons. The summed E-state index contributed by atoms with van der Waals surface area (Å²) in [7, 11) is -8.01. The van der Waals surface area contributed by atoms with Gasteiger partial charge in [0.15, 0.2) is 0 Å². The number of nitrogens with one attached hydrogen (secondary N) is 1. The van der Waals surface area contributed by atoms with E-state index in [1.807, 2.05) is 4.90 Å². The number of carboxylic acid groups (broad SMARTS) is 1. The number of hydrogen-bond acceptors (Lipinski definition) is 8. The van der Waals surface area contributed by atoms with Crippen LogP contribution in [0.2, 0.25) is 5.02 Å². The molecule has 4 N–H and O–H groups in total. The van der Waals surface area contributed by atoms with E-state index in [9.17, 15) is 39.9 Å². The predicted molar refractivity (Wildman–Crippen MR) is 176 cm³/mol. The van der Waals surface area contributed by atoms with Gasteiger partial charge in [-0.1, -0.05) is 37.3 Å². The number of pyridine rings is 1. The van der Waals surface area contributed by atoms with E-state index in [0.29, 0.717) is 76.1 Å². The number of aliphatic carboxylic acids is 1. The molecule has 3 heterocycles. The Morgan fingerprint density at radius 1 is 0.958 bits per heavy atom. The highest BCUT2D eigenvalue weighted by molar-refractivity contribution is 7.89. The van der Waals surface area contributed by atoms with Gasteiger partial charge in [0.05, 0.1) is 15.5 Å². The van der Waals surface area contributed by atoms with Gasteiger partial charge in [-0.3, -0.25) is 4.79 Å². The van der Waals surface area contributed by atoms with Crippen LogP contribution in [-0.2, 0) is 31.0 Å². The molecule has 1 unspecified atom stereocenters. The summed E-state index contributed by atoms with van der Waals surface area (Å²) in [6.45, 7) is 2.46. The van der Waals surface area contributed by atoms with E-state index >= 15 is 0 Å². The first kappa shape index (κ1) is 38.3. The molecular weight excluding hydrogens is 695 g/mol. The van der Waals surface area contributed by atoms with E-state index in [1.54, 1.807) is 0 Å². The molecule has 1 aromatic carbocycles. The number of carboxylic acids is 1. The van der Waals surface area contributed by atoms with E-state index in [1.165, 1.54) is 16.6 Å². The number of alkyl halides is 3. The highest BCUT2D eigenvalue weighted by Crippen LogP contribution is 2.34. The molecule has 2 fully saturated rings. The Morgan fingerprint density at radius 2 is 1.54 bits per heavy atom. The van der Waals surface area contributed by atoms with Crippen molar-refractivity contribution in [3.8, 4) is 0 Å². The zero-order valence-corrected chi connectivity index (χ0v) is 28.9. The summed E-state index contributed by atoms with van der Waals surface area (Å²) < 4.78 is 93.8. The fraction of sp³-hybridized carbons (Fsp3) is 0.613. The van der Waals surface area contributed by atoms with Crippen LogP contribution in [0.5, 0.6) is 0 Å². The van der Waals surface area contributed by atoms with Gasteiger partial charge in [-0.25, -0.2) is 21.8 Å². The average molecular weight is 738 g/mol. The van der Waals surface area contributed by atoms with Crippen molar-refractivity contribution in [3.05, 3.63) is 47.1 Å². The molecule has 2 saturated heterocycles. The summed E-state index contributed by atoms with van der Waals surface area (Å²) in [4.78, 5) is 17.6. The summed E-state index contributed by atoms with van der Waals surface area (Å²) in [5.41, 5.74) is 4.56. The van der Waals surface area contributed by atoms with Gasteiger partial charge >= 0.3 is 12.1 Å². The van der Waals surface area contributed by atoms with Crippen LogP contribution < -0.4 is 15.4 Å². The Labute approximate surface area is 285 Å². The molecule has 0 saturated carbocycles. The maximum Gasteiger partial charge on any atom is 0.416 e. The van der Waals surface area contributed by atoms with Crippen molar-refractivity contribution >= 4 is 43.4 Å². The van der Waals surface area contributed by atoms with Gasteiger partial charge in [0.25, 0.3) is 0 Å². The van der Waals surface area contributed by atoms with Crippen molar-refractivity contribution in [2.24, 2.45) is 17.6 Å². The number of carbonyl (C=O) groups is 1. The zero-order valence-electron chi connectivity index (χ0n) is 26.5. The van der Waals surface area contributed by atoms with Crippen molar-refractivity contribution in [3.63, 3.8) is 0 Å². The number of piperidine rings is 2. The topological polar surface area (TPSA) is 163 Å². The lowest BCUT2D eigenvalue weighted by Crippen LogP contribution is -2.40. The van der Waals surface area contributed by atoms with Gasteiger partial charge in [0, 0.05) is 32.4 Å². The van der Waals surface area contributed by atoms with Gasteiger partial charge in [-0.2, -0.15) is 22.2 Å². The minimum Gasteiger partial charge on any atom is -0.480 e. The van der Waals surface area contributed by atoms with Gasteiger partial charge in [0.2, 0.25) is 20.0 Å². The van der Waals surface area contributed by atoms with Crippen LogP contribution in [0.3, 0.4) is 0 Å². The van der Waals surface area contributed by atoms with Gasteiger partial charge in [-0.05, 0) is 87.2 Å². The van der Waals surface area contributed by atoms with Crippen molar-refractivity contribution in [1.82, 2.24) is 14.0 Å². The molecule has 2 aliphatic heterocycles. The number of hydrogen-bond donors (Lipinski definition) is 3. The molecule has 4 rings (SSSR count). The highest BCUT2D eigenvalue weighted by Gasteiger charge is 2.33. The summed E-state index contributed by atoms with van der Waals surface area (Å²) in [5.74, 6) is 0.0824. The average Bonchev–Trinajstić information content (AvgIpc) is 3.04. The number of halogens is 4. The largest absolute Gasteiger partial charge is 0.480 e. The van der Waals surface area contributed by atoms with Crippen LogP contribution in [0.15, 0.2) is 46.3 Å². The van der Waals surface area contributed by atoms with Crippen LogP contribution in [0, 0.1) is 11.8 Å². The molecule has 0 aliphatic carbocycles.